The van der Waals surface area contributed by atoms with Crippen molar-refractivity contribution in [2.45, 2.75) is 18.8 Å². The van der Waals surface area contributed by atoms with Crippen molar-refractivity contribution < 1.29 is 24.0 Å². The summed E-state index contributed by atoms with van der Waals surface area (Å²) in [4.78, 5) is 23.7. The highest BCUT2D eigenvalue weighted by atomic mass is 31.1. The minimum absolute atomic E-state index is 0.0293. The molecule has 1 unspecified atom stereocenters. The first-order chi connectivity index (χ1) is 12.1. The van der Waals surface area contributed by atoms with Crippen molar-refractivity contribution >= 4 is 20.9 Å². The lowest BCUT2D eigenvalue weighted by Gasteiger charge is -2.24. The molecule has 0 radical (unpaired) electrons. The van der Waals surface area contributed by atoms with E-state index in [9.17, 15) is 14.7 Å². The van der Waals surface area contributed by atoms with E-state index in [1.54, 1.807) is 30.9 Å². The number of alkyl carbamates (subject to hydrolysis) is 1. The van der Waals surface area contributed by atoms with Crippen LogP contribution in [-0.2, 0) is 20.7 Å². The number of rotatable bonds is 8. The highest BCUT2D eigenvalue weighted by Crippen LogP contribution is 2.24. The molecule has 25 heavy (non-hydrogen) atoms. The molecule has 0 saturated carbocycles. The molecule has 0 saturated heterocycles. The number of hydrogen-bond donors (Lipinski definition) is 2. The Labute approximate surface area is 148 Å². The molecule has 132 valence electrons. The third kappa shape index (κ3) is 5.85. The summed E-state index contributed by atoms with van der Waals surface area (Å²) < 4.78 is 10.5. The van der Waals surface area contributed by atoms with Gasteiger partial charge in [-0.3, -0.25) is 0 Å². The van der Waals surface area contributed by atoms with E-state index < -0.39 is 24.2 Å². The SMILES string of the molecule is CPO[C@@H](C(=O)O)[C@@H](NC(=O)OCc1ccccc1)c1ccccc1. The maximum Gasteiger partial charge on any atom is 0.408 e. The van der Waals surface area contributed by atoms with Crippen molar-refractivity contribution in [1.82, 2.24) is 5.32 Å². The Morgan fingerprint density at radius 1 is 1.08 bits per heavy atom. The first-order valence-electron chi connectivity index (χ1n) is 7.69. The van der Waals surface area contributed by atoms with Gasteiger partial charge in [0.15, 0.2) is 6.10 Å². The summed E-state index contributed by atoms with van der Waals surface area (Å²) in [7, 11) is -0.0293. The smallest absolute Gasteiger partial charge is 0.408 e. The van der Waals surface area contributed by atoms with Crippen LogP contribution in [0, 0.1) is 0 Å². The van der Waals surface area contributed by atoms with E-state index in [-0.39, 0.29) is 15.4 Å². The predicted octanol–water partition coefficient (Wildman–Crippen LogP) is 3.35. The normalized spacial score (nSPS) is 13.3. The van der Waals surface area contributed by atoms with Gasteiger partial charge in [-0.1, -0.05) is 60.7 Å². The van der Waals surface area contributed by atoms with Gasteiger partial charge in [-0.25, -0.2) is 9.59 Å². The molecule has 7 heteroatoms. The van der Waals surface area contributed by atoms with Crippen LogP contribution >= 0.6 is 8.81 Å². The Bertz CT molecular complexity index is 680. The third-order valence-electron chi connectivity index (χ3n) is 3.44. The van der Waals surface area contributed by atoms with Gasteiger partial charge in [0.25, 0.3) is 0 Å². The van der Waals surface area contributed by atoms with Crippen molar-refractivity contribution in [3.05, 3.63) is 71.8 Å². The summed E-state index contributed by atoms with van der Waals surface area (Å²) >= 11 is 0. The Morgan fingerprint density at radius 3 is 2.24 bits per heavy atom. The number of carbonyl (C=O) groups excluding carboxylic acids is 1. The quantitative estimate of drug-likeness (QED) is 0.705. The Balaban J connectivity index is 2.09. The number of amides is 1. The van der Waals surface area contributed by atoms with Gasteiger partial charge in [0, 0.05) is 8.81 Å². The number of carboxylic acids is 1. The van der Waals surface area contributed by atoms with E-state index in [0.717, 1.165) is 5.56 Å². The highest BCUT2D eigenvalue weighted by Gasteiger charge is 2.32. The molecule has 0 aliphatic carbocycles. The second-order valence-electron chi connectivity index (χ2n) is 5.18. The number of ether oxygens (including phenoxy) is 1. The zero-order valence-corrected chi connectivity index (χ0v) is 14.7. The fraction of sp³-hybridized carbons (Fsp3) is 0.222. The summed E-state index contributed by atoms with van der Waals surface area (Å²) in [5, 5.41) is 12.1. The summed E-state index contributed by atoms with van der Waals surface area (Å²) in [5.41, 5.74) is 1.47. The van der Waals surface area contributed by atoms with Gasteiger partial charge < -0.3 is 19.7 Å². The number of benzene rings is 2. The van der Waals surface area contributed by atoms with Gasteiger partial charge in [-0.2, -0.15) is 0 Å². The molecule has 0 bridgehead atoms. The minimum Gasteiger partial charge on any atom is -0.479 e. The lowest BCUT2D eigenvalue weighted by Crippen LogP contribution is -2.41. The molecule has 2 aromatic carbocycles. The van der Waals surface area contributed by atoms with Gasteiger partial charge in [0.1, 0.15) is 6.61 Å². The molecule has 0 aromatic heterocycles. The molecule has 2 N–H and O–H groups in total. The highest BCUT2D eigenvalue weighted by molar-refractivity contribution is 7.31. The zero-order valence-electron chi connectivity index (χ0n) is 13.7. The van der Waals surface area contributed by atoms with Crippen molar-refractivity contribution in [1.29, 1.82) is 0 Å². The fourth-order valence-electron chi connectivity index (χ4n) is 2.27. The molecule has 1 amide bonds. The number of hydrogen-bond acceptors (Lipinski definition) is 4. The number of nitrogens with one attached hydrogen (secondary N) is 1. The molecular formula is C18H20NO5P. The van der Waals surface area contributed by atoms with E-state index in [1.165, 1.54) is 0 Å². The Morgan fingerprint density at radius 2 is 1.68 bits per heavy atom. The first-order valence-corrected chi connectivity index (χ1v) is 9.10. The molecule has 6 nitrogen and oxygen atoms in total. The lowest BCUT2D eigenvalue weighted by atomic mass is 10.0. The monoisotopic (exact) mass is 361 g/mol. The van der Waals surface area contributed by atoms with Crippen LogP contribution in [0.25, 0.3) is 0 Å². The standard InChI is InChI=1S/C18H20NO5P/c1-25-24-16(17(20)21)15(14-10-6-3-7-11-14)19-18(22)23-12-13-8-4-2-5-9-13/h2-11,15-16,25H,12H2,1H3,(H,19,22)(H,20,21)/t15-,16+/m0/s1. The predicted molar refractivity (Wildman–Crippen MR) is 95.7 cm³/mol. The van der Waals surface area contributed by atoms with Crippen LogP contribution in [-0.4, -0.2) is 29.9 Å². The zero-order chi connectivity index (χ0) is 18.1. The maximum absolute atomic E-state index is 12.2. The van der Waals surface area contributed by atoms with Crippen LogP contribution in [0.3, 0.4) is 0 Å². The summed E-state index contributed by atoms with van der Waals surface area (Å²) in [6.07, 6.45) is -1.90. The van der Waals surface area contributed by atoms with Crippen LogP contribution in [0.5, 0.6) is 0 Å². The second-order valence-corrected chi connectivity index (χ2v) is 5.82. The molecule has 2 rings (SSSR count). The molecule has 3 atom stereocenters. The second kappa shape index (κ2) is 9.77. The number of carboxylic acid groups (broad SMARTS) is 1. The first kappa shape index (κ1) is 18.9. The molecule has 2 aromatic rings. The van der Waals surface area contributed by atoms with Crippen molar-refractivity contribution in [2.24, 2.45) is 0 Å². The van der Waals surface area contributed by atoms with E-state index in [1.807, 2.05) is 36.4 Å². The van der Waals surface area contributed by atoms with Crippen LogP contribution < -0.4 is 5.32 Å². The van der Waals surface area contributed by atoms with E-state index in [2.05, 4.69) is 5.32 Å². The Hall–Kier alpha value is -2.43. The van der Waals surface area contributed by atoms with Gasteiger partial charge in [-0.15, -0.1) is 0 Å². The van der Waals surface area contributed by atoms with Crippen LogP contribution in [0.1, 0.15) is 17.2 Å². The van der Waals surface area contributed by atoms with Crippen molar-refractivity contribution in [2.75, 3.05) is 6.66 Å². The molecule has 0 aliphatic heterocycles. The molecule has 0 spiro atoms. The average Bonchev–Trinajstić information content (AvgIpc) is 2.64. The number of carbonyl (C=O) groups is 2. The molecule has 0 aliphatic rings. The average molecular weight is 361 g/mol. The van der Waals surface area contributed by atoms with Gasteiger partial charge in [0.05, 0.1) is 6.04 Å². The largest absolute Gasteiger partial charge is 0.479 e. The molecule has 0 heterocycles. The topological polar surface area (TPSA) is 84.9 Å². The number of aliphatic carboxylic acids is 1. The van der Waals surface area contributed by atoms with Crippen LogP contribution in [0.15, 0.2) is 60.7 Å². The van der Waals surface area contributed by atoms with Gasteiger partial charge in [0.2, 0.25) is 0 Å². The van der Waals surface area contributed by atoms with Gasteiger partial charge in [-0.05, 0) is 17.8 Å². The maximum atomic E-state index is 12.2. The Kier molecular flexibility index (Phi) is 7.38. The summed E-state index contributed by atoms with van der Waals surface area (Å²) in [6.45, 7) is 1.83. The van der Waals surface area contributed by atoms with Crippen LogP contribution in [0.2, 0.25) is 0 Å². The molecule has 0 fully saturated rings. The van der Waals surface area contributed by atoms with E-state index >= 15 is 0 Å². The molecular weight excluding hydrogens is 341 g/mol. The summed E-state index contributed by atoms with van der Waals surface area (Å²) in [5.74, 6) is -1.15. The van der Waals surface area contributed by atoms with Crippen molar-refractivity contribution in [3.8, 4) is 0 Å². The third-order valence-corrected chi connectivity index (χ3v) is 3.93. The minimum atomic E-state index is -1.20. The fourth-order valence-corrected chi connectivity index (χ4v) is 2.76. The summed E-state index contributed by atoms with van der Waals surface area (Å²) in [6, 6.07) is 17.2. The van der Waals surface area contributed by atoms with Crippen molar-refractivity contribution in [3.63, 3.8) is 0 Å². The van der Waals surface area contributed by atoms with Gasteiger partial charge >= 0.3 is 12.1 Å². The van der Waals surface area contributed by atoms with E-state index in [4.69, 9.17) is 9.26 Å². The van der Waals surface area contributed by atoms with E-state index in [0.29, 0.717) is 5.56 Å². The van der Waals surface area contributed by atoms with Crippen LogP contribution in [0.4, 0.5) is 4.79 Å². The lowest BCUT2D eigenvalue weighted by molar-refractivity contribution is -0.146.